The van der Waals surface area contributed by atoms with Crippen LogP contribution in [0.2, 0.25) is 0 Å². The van der Waals surface area contributed by atoms with Crippen molar-refractivity contribution >= 4 is 50.9 Å². The molecule has 0 saturated carbocycles. The second-order valence-corrected chi connectivity index (χ2v) is 9.55. The molecule has 1 N–H and O–H groups in total. The Morgan fingerprint density at radius 2 is 2.00 bits per heavy atom. The molecular formula is C24H17BrN4O5S. The summed E-state index contributed by atoms with van der Waals surface area (Å²) in [5.41, 5.74) is 0.810. The maximum Gasteiger partial charge on any atom is 0.269 e. The van der Waals surface area contributed by atoms with E-state index in [0.717, 1.165) is 16.2 Å². The largest absolute Gasteiger partial charge is 0.467 e. The topological polar surface area (TPSA) is 129 Å². The molecule has 0 bridgehead atoms. The van der Waals surface area contributed by atoms with Crippen molar-refractivity contribution in [2.24, 2.45) is 0 Å². The summed E-state index contributed by atoms with van der Waals surface area (Å²) in [5, 5.41) is 23.2. The fourth-order valence-electron chi connectivity index (χ4n) is 3.49. The summed E-state index contributed by atoms with van der Waals surface area (Å²) in [6.07, 6.45) is 1.67. The van der Waals surface area contributed by atoms with Crippen LogP contribution >= 0.6 is 27.7 Å². The molecule has 1 atom stereocenters. The van der Waals surface area contributed by atoms with Crippen LogP contribution in [0.3, 0.4) is 0 Å². The van der Waals surface area contributed by atoms with Crippen molar-refractivity contribution in [3.05, 3.63) is 103 Å². The standard InChI is InChI=1S/C24H17BrN4O5S/c25-16-6-8-17(9-7-16)28-23(31)21(12-15-3-1-4-18(11-15)29(32)33)35-24(28)20(13-26)22(30)27-14-19-5-2-10-34-19/h1-11,21H,12,14H2,(H,27,30)/b24-20-/t21-/m0/s1. The number of nitriles is 1. The molecule has 176 valence electrons. The second-order valence-electron chi connectivity index (χ2n) is 7.44. The van der Waals surface area contributed by atoms with Gasteiger partial charge in [-0.1, -0.05) is 39.8 Å². The number of nitrogens with zero attached hydrogens (tertiary/aromatic N) is 3. The van der Waals surface area contributed by atoms with Crippen molar-refractivity contribution in [2.45, 2.75) is 18.2 Å². The number of carbonyl (C=O) groups is 2. The predicted octanol–water partition coefficient (Wildman–Crippen LogP) is 4.69. The number of halogens is 1. The average molecular weight is 553 g/mol. The first-order valence-corrected chi connectivity index (χ1v) is 12.0. The lowest BCUT2D eigenvalue weighted by atomic mass is 10.1. The molecule has 1 aliphatic heterocycles. The molecular weight excluding hydrogens is 536 g/mol. The number of hydrogen-bond acceptors (Lipinski definition) is 7. The smallest absolute Gasteiger partial charge is 0.269 e. The average Bonchev–Trinajstić information content (AvgIpc) is 3.48. The molecule has 35 heavy (non-hydrogen) atoms. The van der Waals surface area contributed by atoms with Gasteiger partial charge in [0.2, 0.25) is 5.91 Å². The van der Waals surface area contributed by atoms with E-state index in [1.807, 2.05) is 6.07 Å². The van der Waals surface area contributed by atoms with Gasteiger partial charge in [-0.3, -0.25) is 24.6 Å². The van der Waals surface area contributed by atoms with E-state index >= 15 is 0 Å². The summed E-state index contributed by atoms with van der Waals surface area (Å²) in [5.74, 6) is -0.452. The molecule has 1 aromatic heterocycles. The van der Waals surface area contributed by atoms with E-state index in [1.165, 1.54) is 23.3 Å². The minimum Gasteiger partial charge on any atom is -0.467 e. The summed E-state index contributed by atoms with van der Waals surface area (Å²) < 4.78 is 6.02. The van der Waals surface area contributed by atoms with E-state index in [4.69, 9.17) is 4.42 Å². The highest BCUT2D eigenvalue weighted by molar-refractivity contribution is 9.10. The Balaban J connectivity index is 1.68. The van der Waals surface area contributed by atoms with E-state index in [-0.39, 0.29) is 35.2 Å². The number of rotatable bonds is 7. The maximum atomic E-state index is 13.5. The number of thioether (sulfide) groups is 1. The van der Waals surface area contributed by atoms with Gasteiger partial charge in [0.25, 0.3) is 11.6 Å². The summed E-state index contributed by atoms with van der Waals surface area (Å²) in [6.45, 7) is 0.0816. The van der Waals surface area contributed by atoms with Gasteiger partial charge < -0.3 is 9.73 Å². The van der Waals surface area contributed by atoms with Crippen LogP contribution in [0, 0.1) is 21.4 Å². The number of non-ortho nitro benzene ring substituents is 1. The highest BCUT2D eigenvalue weighted by Gasteiger charge is 2.41. The van der Waals surface area contributed by atoms with Crippen LogP contribution in [0.5, 0.6) is 0 Å². The molecule has 0 radical (unpaired) electrons. The molecule has 11 heteroatoms. The lowest BCUT2D eigenvalue weighted by Crippen LogP contribution is -2.32. The zero-order valence-corrected chi connectivity index (χ0v) is 20.4. The van der Waals surface area contributed by atoms with Crippen LogP contribution in [0.15, 0.2) is 86.4 Å². The Morgan fingerprint density at radius 3 is 2.66 bits per heavy atom. The SMILES string of the molecule is N#C/C(C(=O)NCc1ccco1)=C1/S[C@@H](Cc2cccc([N+](=O)[O-])c2)C(=O)N1c1ccc(Br)cc1. The van der Waals surface area contributed by atoms with Crippen LogP contribution in [0.25, 0.3) is 0 Å². The summed E-state index contributed by atoms with van der Waals surface area (Å²) in [4.78, 5) is 38.4. The summed E-state index contributed by atoms with van der Waals surface area (Å²) >= 11 is 4.45. The number of anilines is 1. The van der Waals surface area contributed by atoms with Crippen molar-refractivity contribution < 1.29 is 18.9 Å². The molecule has 4 rings (SSSR count). The fraction of sp³-hybridized carbons (Fsp3) is 0.125. The van der Waals surface area contributed by atoms with Gasteiger partial charge in [-0.15, -0.1) is 0 Å². The van der Waals surface area contributed by atoms with E-state index in [2.05, 4.69) is 21.2 Å². The van der Waals surface area contributed by atoms with Crippen molar-refractivity contribution in [3.63, 3.8) is 0 Å². The number of nitro groups is 1. The number of carbonyl (C=O) groups excluding carboxylic acids is 2. The number of amides is 2. The van der Waals surface area contributed by atoms with Crippen LogP contribution < -0.4 is 10.2 Å². The molecule has 2 aromatic carbocycles. The number of nitro benzene ring substituents is 1. The van der Waals surface area contributed by atoms with Crippen molar-refractivity contribution in [2.75, 3.05) is 4.90 Å². The molecule has 2 heterocycles. The third-order valence-electron chi connectivity index (χ3n) is 5.14. The van der Waals surface area contributed by atoms with Crippen LogP contribution in [-0.2, 0) is 22.6 Å². The van der Waals surface area contributed by atoms with Gasteiger partial charge in [-0.05, 0) is 48.4 Å². The molecule has 1 fully saturated rings. The monoisotopic (exact) mass is 552 g/mol. The summed E-state index contributed by atoms with van der Waals surface area (Å²) in [7, 11) is 0. The second kappa shape index (κ2) is 10.6. The molecule has 2 amide bonds. The zero-order valence-electron chi connectivity index (χ0n) is 18.0. The molecule has 3 aromatic rings. The molecule has 0 spiro atoms. The van der Waals surface area contributed by atoms with Crippen LogP contribution in [0.4, 0.5) is 11.4 Å². The van der Waals surface area contributed by atoms with Crippen molar-refractivity contribution in [1.29, 1.82) is 5.26 Å². The van der Waals surface area contributed by atoms with E-state index in [1.54, 1.807) is 48.5 Å². The Bertz CT molecular complexity index is 1350. The minimum absolute atomic E-state index is 0.0755. The molecule has 0 aliphatic carbocycles. The first-order valence-electron chi connectivity index (χ1n) is 10.3. The number of nitrogens with one attached hydrogen (secondary N) is 1. The molecule has 1 saturated heterocycles. The van der Waals surface area contributed by atoms with Gasteiger partial charge in [-0.25, -0.2) is 0 Å². The number of furan rings is 1. The van der Waals surface area contributed by atoms with Crippen LogP contribution in [0.1, 0.15) is 11.3 Å². The third kappa shape index (κ3) is 5.45. The third-order valence-corrected chi connectivity index (χ3v) is 6.93. The zero-order chi connectivity index (χ0) is 24.9. The van der Waals surface area contributed by atoms with Gasteiger partial charge in [0.15, 0.2) is 0 Å². The van der Waals surface area contributed by atoms with Gasteiger partial charge >= 0.3 is 0 Å². The van der Waals surface area contributed by atoms with Gasteiger partial charge in [0, 0.05) is 22.3 Å². The predicted molar refractivity (Wildman–Crippen MR) is 133 cm³/mol. The summed E-state index contributed by atoms with van der Waals surface area (Å²) in [6, 6.07) is 18.3. The number of benzene rings is 2. The Labute approximate surface area is 212 Å². The van der Waals surface area contributed by atoms with E-state index < -0.39 is 16.1 Å². The van der Waals surface area contributed by atoms with Crippen molar-refractivity contribution in [3.8, 4) is 6.07 Å². The Kier molecular flexibility index (Phi) is 7.33. The molecule has 1 aliphatic rings. The van der Waals surface area contributed by atoms with Gasteiger partial charge in [0.1, 0.15) is 22.4 Å². The lowest BCUT2D eigenvalue weighted by molar-refractivity contribution is -0.384. The van der Waals surface area contributed by atoms with Crippen LogP contribution in [-0.4, -0.2) is 22.0 Å². The highest BCUT2D eigenvalue weighted by Crippen LogP contribution is 2.42. The maximum absolute atomic E-state index is 13.5. The number of hydrogen-bond donors (Lipinski definition) is 1. The van der Waals surface area contributed by atoms with Crippen molar-refractivity contribution in [1.82, 2.24) is 5.32 Å². The van der Waals surface area contributed by atoms with E-state index in [0.29, 0.717) is 17.0 Å². The first kappa shape index (κ1) is 24.3. The molecule has 9 nitrogen and oxygen atoms in total. The molecule has 0 unspecified atom stereocenters. The first-order chi connectivity index (χ1) is 16.9. The lowest BCUT2D eigenvalue weighted by Gasteiger charge is -2.18. The normalized spacial score (nSPS) is 16.6. The van der Waals surface area contributed by atoms with Gasteiger partial charge in [0.05, 0.1) is 23.0 Å². The quantitative estimate of drug-likeness (QED) is 0.194. The fourth-order valence-corrected chi connectivity index (χ4v) is 5.06. The highest BCUT2D eigenvalue weighted by atomic mass is 79.9. The Morgan fingerprint density at radius 1 is 1.23 bits per heavy atom. The van der Waals surface area contributed by atoms with E-state index in [9.17, 15) is 25.0 Å². The van der Waals surface area contributed by atoms with Gasteiger partial charge in [-0.2, -0.15) is 5.26 Å². The minimum atomic E-state index is -0.683. The Hall–Kier alpha value is -3.88.